The smallest absolute Gasteiger partial charge is 0.254 e. The molecule has 2 aromatic heterocycles. The molecule has 1 aliphatic heterocycles. The van der Waals surface area contributed by atoms with E-state index < -0.39 is 5.92 Å². The summed E-state index contributed by atoms with van der Waals surface area (Å²) in [6.07, 6.45) is 1.67. The fraction of sp³-hybridized carbons (Fsp3) is 0.292. The van der Waals surface area contributed by atoms with E-state index >= 15 is 0 Å². The second-order valence-electron chi connectivity index (χ2n) is 8.03. The van der Waals surface area contributed by atoms with Crippen LogP contribution in [0.5, 0.6) is 0 Å². The molecule has 4 rings (SSSR count). The first-order valence-corrected chi connectivity index (χ1v) is 11.0. The summed E-state index contributed by atoms with van der Waals surface area (Å²) in [6.45, 7) is 6.68. The normalized spacial score (nSPS) is 18.4. The molecule has 3 aromatic rings. The zero-order chi connectivity index (χ0) is 21.3. The van der Waals surface area contributed by atoms with Gasteiger partial charge in [-0.2, -0.15) is 0 Å². The second kappa shape index (κ2) is 8.40. The van der Waals surface area contributed by atoms with Crippen LogP contribution in [0.1, 0.15) is 52.2 Å². The molecule has 30 heavy (non-hydrogen) atoms. The van der Waals surface area contributed by atoms with Gasteiger partial charge in [-0.05, 0) is 47.5 Å². The lowest BCUT2D eigenvalue weighted by atomic mass is 9.81. The van der Waals surface area contributed by atoms with E-state index in [-0.39, 0.29) is 23.8 Å². The second-order valence-corrected chi connectivity index (χ2v) is 9.01. The number of amides is 2. The van der Waals surface area contributed by atoms with Crippen LogP contribution in [-0.4, -0.2) is 28.2 Å². The van der Waals surface area contributed by atoms with Gasteiger partial charge in [-0.3, -0.25) is 9.59 Å². The zero-order valence-electron chi connectivity index (χ0n) is 17.3. The van der Waals surface area contributed by atoms with Crippen molar-refractivity contribution in [1.82, 2.24) is 9.88 Å². The molecule has 0 bridgehead atoms. The summed E-state index contributed by atoms with van der Waals surface area (Å²) in [5.41, 5.74) is 2.27. The molecule has 2 atom stereocenters. The number of benzene rings is 1. The van der Waals surface area contributed by atoms with E-state index in [0.717, 1.165) is 16.0 Å². The van der Waals surface area contributed by atoms with Gasteiger partial charge in [0.25, 0.3) is 5.91 Å². The van der Waals surface area contributed by atoms with Crippen LogP contribution >= 0.6 is 11.3 Å². The standard InChI is InChI=1S/C24H25N3O2S/c1-15(2)14-27-21(19-11-7-13-30-19)20(17-9-4-5-10-18(17)24(27)29)23(28)26-22-16(3)8-6-12-25-22/h4-13,15,20-21H,14H2,1-3H3,(H,25,26,28)/t20-,21+/m0/s1. The molecule has 5 nitrogen and oxygen atoms in total. The Kier molecular flexibility index (Phi) is 5.68. The van der Waals surface area contributed by atoms with Crippen molar-refractivity contribution in [1.29, 1.82) is 0 Å². The number of fused-ring (bicyclic) bond motifs is 1. The van der Waals surface area contributed by atoms with Gasteiger partial charge in [-0.1, -0.05) is 44.2 Å². The topological polar surface area (TPSA) is 62.3 Å². The monoisotopic (exact) mass is 419 g/mol. The Morgan fingerprint density at radius 3 is 2.67 bits per heavy atom. The zero-order valence-corrected chi connectivity index (χ0v) is 18.1. The Hall–Kier alpha value is -2.99. The number of hydrogen-bond acceptors (Lipinski definition) is 4. The van der Waals surface area contributed by atoms with E-state index in [4.69, 9.17) is 0 Å². The number of aryl methyl sites for hydroxylation is 1. The molecule has 6 heteroatoms. The molecule has 0 radical (unpaired) electrons. The van der Waals surface area contributed by atoms with E-state index in [2.05, 4.69) is 24.1 Å². The van der Waals surface area contributed by atoms with Gasteiger partial charge in [-0.15, -0.1) is 11.3 Å². The Morgan fingerprint density at radius 2 is 1.97 bits per heavy atom. The maximum atomic E-state index is 13.6. The molecule has 1 aliphatic rings. The van der Waals surface area contributed by atoms with Crippen molar-refractivity contribution in [2.75, 3.05) is 11.9 Å². The van der Waals surface area contributed by atoms with Crippen LogP contribution in [0.3, 0.4) is 0 Å². The third-order valence-electron chi connectivity index (χ3n) is 5.37. The van der Waals surface area contributed by atoms with Crippen molar-refractivity contribution in [3.05, 3.63) is 81.7 Å². The molecule has 154 valence electrons. The van der Waals surface area contributed by atoms with Crippen LogP contribution in [0.15, 0.2) is 60.1 Å². The average molecular weight is 420 g/mol. The first-order chi connectivity index (χ1) is 14.5. The first-order valence-electron chi connectivity index (χ1n) is 10.1. The summed E-state index contributed by atoms with van der Waals surface area (Å²) < 4.78 is 0. The number of rotatable bonds is 5. The molecule has 1 aromatic carbocycles. The summed E-state index contributed by atoms with van der Waals surface area (Å²) >= 11 is 1.58. The maximum Gasteiger partial charge on any atom is 0.254 e. The quantitative estimate of drug-likeness (QED) is 0.631. The van der Waals surface area contributed by atoms with Crippen molar-refractivity contribution in [2.45, 2.75) is 32.7 Å². The lowest BCUT2D eigenvalue weighted by Crippen LogP contribution is -2.47. The van der Waals surface area contributed by atoms with Gasteiger partial charge in [0.1, 0.15) is 5.82 Å². The number of anilines is 1. The number of thiophene rings is 1. The van der Waals surface area contributed by atoms with Gasteiger partial charge in [-0.25, -0.2) is 4.98 Å². The van der Waals surface area contributed by atoms with E-state index in [1.165, 1.54) is 0 Å². The van der Waals surface area contributed by atoms with Crippen molar-refractivity contribution in [2.24, 2.45) is 5.92 Å². The van der Waals surface area contributed by atoms with Crippen LogP contribution in [0.2, 0.25) is 0 Å². The van der Waals surface area contributed by atoms with Crippen LogP contribution in [0.4, 0.5) is 5.82 Å². The molecular weight excluding hydrogens is 394 g/mol. The molecule has 0 aliphatic carbocycles. The number of carbonyl (C=O) groups is 2. The molecule has 2 amide bonds. The third kappa shape index (κ3) is 3.75. The maximum absolute atomic E-state index is 13.6. The van der Waals surface area contributed by atoms with Crippen molar-refractivity contribution >= 4 is 29.0 Å². The Balaban J connectivity index is 1.83. The molecule has 0 spiro atoms. The van der Waals surface area contributed by atoms with Crippen molar-refractivity contribution in [3.63, 3.8) is 0 Å². The van der Waals surface area contributed by atoms with Crippen LogP contribution in [-0.2, 0) is 4.79 Å². The van der Waals surface area contributed by atoms with Gasteiger partial charge in [0.2, 0.25) is 5.91 Å². The minimum absolute atomic E-state index is 0.0178. The highest BCUT2D eigenvalue weighted by Gasteiger charge is 2.44. The van der Waals surface area contributed by atoms with Gasteiger partial charge in [0.05, 0.1) is 12.0 Å². The van der Waals surface area contributed by atoms with Gasteiger partial charge >= 0.3 is 0 Å². The molecule has 0 saturated heterocycles. The highest BCUT2D eigenvalue weighted by molar-refractivity contribution is 7.10. The third-order valence-corrected chi connectivity index (χ3v) is 6.31. The number of pyridine rings is 1. The van der Waals surface area contributed by atoms with E-state index in [9.17, 15) is 9.59 Å². The predicted octanol–water partition coefficient (Wildman–Crippen LogP) is 5.03. The van der Waals surface area contributed by atoms with Crippen molar-refractivity contribution in [3.8, 4) is 0 Å². The summed E-state index contributed by atoms with van der Waals surface area (Å²) in [5, 5.41) is 5.01. The minimum Gasteiger partial charge on any atom is -0.329 e. The van der Waals surface area contributed by atoms with Crippen LogP contribution < -0.4 is 5.32 Å². The fourth-order valence-electron chi connectivity index (χ4n) is 4.06. The fourth-order valence-corrected chi connectivity index (χ4v) is 4.93. The number of nitrogens with zero attached hydrogens (tertiary/aromatic N) is 2. The predicted molar refractivity (Wildman–Crippen MR) is 120 cm³/mol. The van der Waals surface area contributed by atoms with Gasteiger partial charge < -0.3 is 10.2 Å². The Morgan fingerprint density at radius 1 is 1.17 bits per heavy atom. The van der Waals surface area contributed by atoms with Gasteiger partial charge in [0, 0.05) is 23.2 Å². The number of hydrogen-bond donors (Lipinski definition) is 1. The molecule has 0 unspecified atom stereocenters. The SMILES string of the molecule is Cc1cccnc1NC(=O)[C@H]1c2ccccc2C(=O)N(CC(C)C)[C@@H]1c1cccs1. The summed E-state index contributed by atoms with van der Waals surface area (Å²) in [4.78, 5) is 34.3. The Bertz CT molecular complexity index is 1060. The van der Waals surface area contributed by atoms with E-state index in [1.807, 2.05) is 65.7 Å². The number of aromatic nitrogens is 1. The highest BCUT2D eigenvalue weighted by atomic mass is 32.1. The minimum atomic E-state index is -0.516. The average Bonchev–Trinajstić information content (AvgIpc) is 3.25. The summed E-state index contributed by atoms with van der Waals surface area (Å²) in [6, 6.07) is 14.9. The molecule has 0 fully saturated rings. The van der Waals surface area contributed by atoms with Crippen LogP contribution in [0, 0.1) is 12.8 Å². The lowest BCUT2D eigenvalue weighted by Gasteiger charge is -2.42. The van der Waals surface area contributed by atoms with E-state index in [1.54, 1.807) is 17.5 Å². The van der Waals surface area contributed by atoms with Gasteiger partial charge in [0.15, 0.2) is 0 Å². The lowest BCUT2D eigenvalue weighted by molar-refractivity contribution is -0.119. The summed E-state index contributed by atoms with van der Waals surface area (Å²) in [7, 11) is 0. The number of nitrogens with one attached hydrogen (secondary N) is 1. The largest absolute Gasteiger partial charge is 0.329 e. The Labute approximate surface area is 180 Å². The first kappa shape index (κ1) is 20.3. The molecule has 1 N–H and O–H groups in total. The molecule has 0 saturated carbocycles. The molecule has 3 heterocycles. The van der Waals surface area contributed by atoms with Crippen molar-refractivity contribution < 1.29 is 9.59 Å². The molecular formula is C24H25N3O2S. The van der Waals surface area contributed by atoms with Crippen LogP contribution in [0.25, 0.3) is 0 Å². The number of carbonyl (C=O) groups excluding carboxylic acids is 2. The van der Waals surface area contributed by atoms with E-state index in [0.29, 0.717) is 17.9 Å². The summed E-state index contributed by atoms with van der Waals surface area (Å²) in [5.74, 6) is 0.151. The highest BCUT2D eigenvalue weighted by Crippen LogP contribution is 2.44.